The maximum absolute atomic E-state index is 12.5. The monoisotopic (exact) mass is 414 g/mol. The summed E-state index contributed by atoms with van der Waals surface area (Å²) >= 11 is 6.28. The van der Waals surface area contributed by atoms with E-state index in [1.54, 1.807) is 42.4 Å². The molecule has 0 saturated carbocycles. The number of carbonyl (C=O) groups is 1. The molecule has 1 aromatic carbocycles. The van der Waals surface area contributed by atoms with Crippen molar-refractivity contribution in [2.75, 3.05) is 37.7 Å². The van der Waals surface area contributed by atoms with E-state index in [9.17, 15) is 9.59 Å². The molecule has 3 heterocycles. The number of benzene rings is 1. The van der Waals surface area contributed by atoms with E-state index in [4.69, 9.17) is 20.8 Å². The number of hydrogen-bond acceptors (Lipinski definition) is 7. The Morgan fingerprint density at radius 1 is 1.17 bits per heavy atom. The van der Waals surface area contributed by atoms with Gasteiger partial charge in [-0.05, 0) is 24.6 Å². The lowest BCUT2D eigenvalue weighted by Gasteiger charge is -2.34. The van der Waals surface area contributed by atoms with Gasteiger partial charge in [0.05, 0.1) is 5.02 Å². The molecule has 0 bridgehead atoms. The van der Waals surface area contributed by atoms with E-state index in [1.807, 2.05) is 4.90 Å². The minimum atomic E-state index is -0.445. The van der Waals surface area contributed by atoms with Gasteiger partial charge in [-0.15, -0.1) is 0 Å². The van der Waals surface area contributed by atoms with Crippen LogP contribution in [0.15, 0.2) is 45.9 Å². The van der Waals surface area contributed by atoms with Gasteiger partial charge in [0, 0.05) is 56.1 Å². The van der Waals surface area contributed by atoms with E-state index < -0.39 is 5.63 Å². The highest BCUT2D eigenvalue weighted by Crippen LogP contribution is 2.31. The number of aryl methyl sites for hydroxylation is 1. The second-order valence-electron chi connectivity index (χ2n) is 6.73. The van der Waals surface area contributed by atoms with Gasteiger partial charge in [-0.2, -0.15) is 0 Å². The maximum atomic E-state index is 12.5. The van der Waals surface area contributed by atoms with Crippen molar-refractivity contribution in [1.82, 2.24) is 14.9 Å². The standard InChI is InChI=1S/C20H19ClN4O4/c1-13-9-19(27)29-16-11-17(15(21)10-14(13)16)28-12-18(26)24-5-7-25(8-6-24)20-22-3-2-4-23-20/h2-4,9-11H,5-8,12H2,1H3. The molecule has 4 rings (SSSR count). The van der Waals surface area contributed by atoms with Gasteiger partial charge in [-0.1, -0.05) is 11.6 Å². The van der Waals surface area contributed by atoms with Crippen LogP contribution in [0.3, 0.4) is 0 Å². The highest BCUT2D eigenvalue weighted by Gasteiger charge is 2.23. The van der Waals surface area contributed by atoms with Crippen LogP contribution in [0.5, 0.6) is 5.75 Å². The molecule has 1 saturated heterocycles. The summed E-state index contributed by atoms with van der Waals surface area (Å²) in [5.74, 6) is 0.827. The lowest BCUT2D eigenvalue weighted by Crippen LogP contribution is -2.50. The van der Waals surface area contributed by atoms with Crippen molar-refractivity contribution in [3.8, 4) is 5.75 Å². The molecule has 2 aromatic heterocycles. The molecular weight excluding hydrogens is 396 g/mol. The third-order valence-corrected chi connectivity index (χ3v) is 5.12. The first-order valence-corrected chi connectivity index (χ1v) is 9.55. The van der Waals surface area contributed by atoms with Crippen LogP contribution in [0.1, 0.15) is 5.56 Å². The highest BCUT2D eigenvalue weighted by atomic mass is 35.5. The lowest BCUT2D eigenvalue weighted by molar-refractivity contribution is -0.133. The summed E-state index contributed by atoms with van der Waals surface area (Å²) in [6.45, 7) is 4.07. The Kier molecular flexibility index (Phi) is 5.35. The van der Waals surface area contributed by atoms with Gasteiger partial charge < -0.3 is 19.0 Å². The number of ether oxygens (including phenoxy) is 1. The first-order valence-electron chi connectivity index (χ1n) is 9.18. The van der Waals surface area contributed by atoms with Crippen LogP contribution < -0.4 is 15.3 Å². The Morgan fingerprint density at radius 3 is 2.62 bits per heavy atom. The summed E-state index contributed by atoms with van der Waals surface area (Å²) < 4.78 is 10.8. The van der Waals surface area contributed by atoms with E-state index in [1.165, 1.54) is 6.07 Å². The molecule has 0 aliphatic carbocycles. The number of anilines is 1. The number of amides is 1. The molecule has 0 radical (unpaired) electrons. The van der Waals surface area contributed by atoms with Gasteiger partial charge in [0.1, 0.15) is 11.3 Å². The number of hydrogen-bond donors (Lipinski definition) is 0. The van der Waals surface area contributed by atoms with Crippen LogP contribution >= 0.6 is 11.6 Å². The Hall–Kier alpha value is -3.13. The molecule has 1 amide bonds. The summed E-state index contributed by atoms with van der Waals surface area (Å²) in [7, 11) is 0. The molecule has 0 atom stereocenters. The highest BCUT2D eigenvalue weighted by molar-refractivity contribution is 6.32. The van der Waals surface area contributed by atoms with Gasteiger partial charge in [0.2, 0.25) is 5.95 Å². The van der Waals surface area contributed by atoms with Crippen molar-refractivity contribution >= 4 is 34.4 Å². The van der Waals surface area contributed by atoms with Gasteiger partial charge in [0.15, 0.2) is 6.61 Å². The quantitative estimate of drug-likeness (QED) is 0.605. The van der Waals surface area contributed by atoms with E-state index in [2.05, 4.69) is 9.97 Å². The van der Waals surface area contributed by atoms with E-state index in [0.717, 1.165) is 10.9 Å². The molecule has 150 valence electrons. The predicted octanol–water partition coefficient (Wildman–Crippen LogP) is 2.27. The van der Waals surface area contributed by atoms with Gasteiger partial charge >= 0.3 is 5.63 Å². The molecule has 1 aliphatic rings. The number of nitrogens with zero attached hydrogens (tertiary/aromatic N) is 4. The Balaban J connectivity index is 1.39. The Bertz CT molecular complexity index is 1090. The topological polar surface area (TPSA) is 88.8 Å². The molecule has 9 heteroatoms. The van der Waals surface area contributed by atoms with E-state index in [-0.39, 0.29) is 12.5 Å². The van der Waals surface area contributed by atoms with Crippen molar-refractivity contribution in [3.63, 3.8) is 0 Å². The normalized spacial score (nSPS) is 14.3. The fourth-order valence-corrected chi connectivity index (χ4v) is 3.49. The first-order chi connectivity index (χ1) is 14.0. The van der Waals surface area contributed by atoms with Gasteiger partial charge in [-0.25, -0.2) is 14.8 Å². The minimum absolute atomic E-state index is 0.138. The minimum Gasteiger partial charge on any atom is -0.482 e. The number of halogens is 1. The van der Waals surface area contributed by atoms with Crippen LogP contribution in [0.2, 0.25) is 5.02 Å². The number of aromatic nitrogens is 2. The average molecular weight is 415 g/mol. The number of piperazine rings is 1. The molecule has 1 aliphatic heterocycles. The lowest BCUT2D eigenvalue weighted by atomic mass is 10.1. The molecule has 29 heavy (non-hydrogen) atoms. The second-order valence-corrected chi connectivity index (χ2v) is 7.14. The smallest absolute Gasteiger partial charge is 0.336 e. The summed E-state index contributed by atoms with van der Waals surface area (Å²) in [5, 5.41) is 1.08. The third kappa shape index (κ3) is 4.17. The molecule has 8 nitrogen and oxygen atoms in total. The Labute approximate surface area is 171 Å². The fraction of sp³-hybridized carbons (Fsp3) is 0.300. The van der Waals surface area contributed by atoms with Crippen molar-refractivity contribution in [2.24, 2.45) is 0 Å². The summed E-state index contributed by atoms with van der Waals surface area (Å²) in [6, 6.07) is 6.39. The number of fused-ring (bicyclic) bond motifs is 1. The molecule has 0 unspecified atom stereocenters. The van der Waals surface area contributed by atoms with Crippen molar-refractivity contribution < 1.29 is 13.9 Å². The zero-order valence-electron chi connectivity index (χ0n) is 15.8. The van der Waals surface area contributed by atoms with Crippen LogP contribution in [-0.2, 0) is 4.79 Å². The van der Waals surface area contributed by atoms with Crippen molar-refractivity contribution in [3.05, 3.63) is 57.7 Å². The van der Waals surface area contributed by atoms with Gasteiger partial charge in [0.25, 0.3) is 5.91 Å². The molecule has 0 spiro atoms. The van der Waals surface area contributed by atoms with Gasteiger partial charge in [-0.3, -0.25) is 4.79 Å². The summed E-state index contributed by atoms with van der Waals surface area (Å²) in [4.78, 5) is 36.4. The maximum Gasteiger partial charge on any atom is 0.336 e. The molecule has 0 N–H and O–H groups in total. The van der Waals surface area contributed by atoms with Crippen molar-refractivity contribution in [2.45, 2.75) is 6.92 Å². The Morgan fingerprint density at radius 2 is 1.90 bits per heavy atom. The summed E-state index contributed by atoms with van der Waals surface area (Å²) in [6.07, 6.45) is 3.40. The molecular formula is C20H19ClN4O4. The van der Waals surface area contributed by atoms with Crippen LogP contribution in [-0.4, -0.2) is 53.6 Å². The number of rotatable bonds is 4. The molecule has 3 aromatic rings. The summed E-state index contributed by atoms with van der Waals surface area (Å²) in [5.41, 5.74) is 0.694. The largest absolute Gasteiger partial charge is 0.482 e. The SMILES string of the molecule is Cc1cc(=O)oc2cc(OCC(=O)N3CCN(c4ncccn4)CC3)c(Cl)cc12. The first kappa shape index (κ1) is 19.2. The fourth-order valence-electron chi connectivity index (χ4n) is 3.27. The molecule has 1 fully saturated rings. The number of carbonyl (C=O) groups excluding carboxylic acids is 1. The van der Waals surface area contributed by atoms with E-state index >= 15 is 0 Å². The van der Waals surface area contributed by atoms with Crippen molar-refractivity contribution in [1.29, 1.82) is 0 Å². The zero-order valence-corrected chi connectivity index (χ0v) is 16.6. The van der Waals surface area contributed by atoms with Crippen LogP contribution in [0, 0.1) is 6.92 Å². The predicted molar refractivity (Wildman–Crippen MR) is 109 cm³/mol. The zero-order chi connectivity index (χ0) is 20.4. The van der Waals surface area contributed by atoms with Crippen LogP contribution in [0.4, 0.5) is 5.95 Å². The van der Waals surface area contributed by atoms with E-state index in [0.29, 0.717) is 48.5 Å². The van der Waals surface area contributed by atoms with Crippen LogP contribution in [0.25, 0.3) is 11.0 Å². The second kappa shape index (κ2) is 8.08. The average Bonchev–Trinajstić information content (AvgIpc) is 2.73. The third-order valence-electron chi connectivity index (χ3n) is 4.82.